The third kappa shape index (κ3) is 3.26. The summed E-state index contributed by atoms with van der Waals surface area (Å²) in [6.07, 6.45) is 0. The smallest absolute Gasteiger partial charge is 0.0511 e. The molecule has 0 spiro atoms. The highest BCUT2D eigenvalue weighted by Crippen LogP contribution is 2.31. The van der Waals surface area contributed by atoms with Crippen LogP contribution in [-0.2, 0) is 6.54 Å². The van der Waals surface area contributed by atoms with Crippen molar-refractivity contribution in [3.63, 3.8) is 0 Å². The molecule has 2 nitrogen and oxygen atoms in total. The topological polar surface area (TPSA) is 29.3 Å². The number of nitrogens with two attached hydrogens (primary N) is 1. The molecule has 0 aromatic heterocycles. The van der Waals surface area contributed by atoms with E-state index in [-0.39, 0.29) is 6.04 Å². The lowest BCUT2D eigenvalue weighted by atomic mass is 10.1. The first kappa shape index (κ1) is 15.2. The first-order valence-electron chi connectivity index (χ1n) is 6.49. The van der Waals surface area contributed by atoms with Crippen LogP contribution in [0, 0.1) is 0 Å². The molecule has 0 saturated heterocycles. The first-order chi connectivity index (χ1) is 9.52. The Bertz CT molecular complexity index is 599. The van der Waals surface area contributed by atoms with Gasteiger partial charge in [-0.15, -0.1) is 0 Å². The quantitative estimate of drug-likeness (QED) is 0.891. The number of hydrogen-bond acceptors (Lipinski definition) is 2. The van der Waals surface area contributed by atoms with E-state index in [9.17, 15) is 0 Å². The standard InChI is InChI=1S/C16H18Cl2N2/c1-11(12-4-3-5-14(17)8-12)20(2)16-9-15(18)7-6-13(16)10-19/h3-9,11H,10,19H2,1-2H3. The van der Waals surface area contributed by atoms with E-state index in [0.29, 0.717) is 11.6 Å². The number of hydrogen-bond donors (Lipinski definition) is 1. The highest BCUT2D eigenvalue weighted by Gasteiger charge is 2.15. The average molecular weight is 309 g/mol. The number of rotatable bonds is 4. The van der Waals surface area contributed by atoms with Gasteiger partial charge < -0.3 is 10.6 Å². The van der Waals surface area contributed by atoms with E-state index < -0.39 is 0 Å². The zero-order valence-electron chi connectivity index (χ0n) is 11.6. The molecule has 0 heterocycles. The molecule has 0 aliphatic heterocycles. The van der Waals surface area contributed by atoms with Crippen molar-refractivity contribution >= 4 is 28.9 Å². The maximum atomic E-state index is 6.11. The van der Waals surface area contributed by atoms with Crippen LogP contribution < -0.4 is 10.6 Å². The van der Waals surface area contributed by atoms with Gasteiger partial charge in [0, 0.05) is 29.3 Å². The summed E-state index contributed by atoms with van der Waals surface area (Å²) in [5, 5.41) is 1.45. The van der Waals surface area contributed by atoms with Gasteiger partial charge in [-0.2, -0.15) is 0 Å². The fraction of sp³-hybridized carbons (Fsp3) is 0.250. The van der Waals surface area contributed by atoms with Crippen molar-refractivity contribution in [3.05, 3.63) is 63.6 Å². The van der Waals surface area contributed by atoms with E-state index in [1.807, 2.05) is 43.4 Å². The molecule has 1 unspecified atom stereocenters. The molecule has 0 aliphatic carbocycles. The number of nitrogens with zero attached hydrogens (tertiary/aromatic N) is 1. The van der Waals surface area contributed by atoms with E-state index in [2.05, 4.69) is 17.9 Å². The molecule has 1 atom stereocenters. The summed E-state index contributed by atoms with van der Waals surface area (Å²) in [5.74, 6) is 0. The second-order valence-electron chi connectivity index (χ2n) is 4.82. The van der Waals surface area contributed by atoms with Gasteiger partial charge in [0.15, 0.2) is 0 Å². The lowest BCUT2D eigenvalue weighted by molar-refractivity contribution is 0.735. The van der Waals surface area contributed by atoms with E-state index >= 15 is 0 Å². The molecule has 0 amide bonds. The maximum Gasteiger partial charge on any atom is 0.0511 e. The van der Waals surface area contributed by atoms with E-state index in [1.54, 1.807) is 0 Å². The van der Waals surface area contributed by atoms with Gasteiger partial charge in [0.25, 0.3) is 0 Å². The monoisotopic (exact) mass is 308 g/mol. The van der Waals surface area contributed by atoms with Crippen LogP contribution >= 0.6 is 23.2 Å². The summed E-state index contributed by atoms with van der Waals surface area (Å²) >= 11 is 12.2. The van der Waals surface area contributed by atoms with Crippen LogP contribution in [0.3, 0.4) is 0 Å². The van der Waals surface area contributed by atoms with Crippen LogP contribution in [0.15, 0.2) is 42.5 Å². The lowest BCUT2D eigenvalue weighted by Gasteiger charge is -2.29. The second kappa shape index (κ2) is 6.49. The minimum atomic E-state index is 0.178. The Morgan fingerprint density at radius 3 is 2.45 bits per heavy atom. The van der Waals surface area contributed by atoms with Gasteiger partial charge in [-0.3, -0.25) is 0 Å². The predicted octanol–water partition coefficient (Wildman–Crippen LogP) is 4.65. The third-order valence-electron chi connectivity index (χ3n) is 3.56. The van der Waals surface area contributed by atoms with Gasteiger partial charge in [0.1, 0.15) is 0 Å². The molecule has 2 N–H and O–H groups in total. The fourth-order valence-electron chi connectivity index (χ4n) is 2.24. The summed E-state index contributed by atoms with van der Waals surface area (Å²) in [4.78, 5) is 2.17. The van der Waals surface area contributed by atoms with Crippen LogP contribution in [0.25, 0.3) is 0 Å². The third-order valence-corrected chi connectivity index (χ3v) is 4.03. The van der Waals surface area contributed by atoms with Gasteiger partial charge in [-0.1, -0.05) is 41.4 Å². The normalized spacial score (nSPS) is 12.2. The SMILES string of the molecule is CC(c1cccc(Cl)c1)N(C)c1cc(Cl)ccc1CN. The van der Waals surface area contributed by atoms with Gasteiger partial charge in [-0.05, 0) is 42.3 Å². The van der Waals surface area contributed by atoms with E-state index in [1.165, 1.54) is 0 Å². The Morgan fingerprint density at radius 1 is 1.10 bits per heavy atom. The second-order valence-corrected chi connectivity index (χ2v) is 5.69. The summed E-state index contributed by atoms with van der Waals surface area (Å²) in [6, 6.07) is 13.9. The molecule has 0 bridgehead atoms. The molecule has 0 radical (unpaired) electrons. The highest BCUT2D eigenvalue weighted by atomic mass is 35.5. The highest BCUT2D eigenvalue weighted by molar-refractivity contribution is 6.31. The molecule has 0 aliphatic rings. The summed E-state index contributed by atoms with van der Waals surface area (Å²) in [7, 11) is 2.04. The number of anilines is 1. The van der Waals surface area contributed by atoms with Crippen LogP contribution in [0.1, 0.15) is 24.1 Å². The van der Waals surface area contributed by atoms with Crippen molar-refractivity contribution in [3.8, 4) is 0 Å². The van der Waals surface area contributed by atoms with E-state index in [0.717, 1.165) is 21.8 Å². The van der Waals surface area contributed by atoms with Crippen molar-refractivity contribution in [1.82, 2.24) is 0 Å². The largest absolute Gasteiger partial charge is 0.368 e. The lowest BCUT2D eigenvalue weighted by Crippen LogP contribution is -2.23. The molecule has 0 saturated carbocycles. The summed E-state index contributed by atoms with van der Waals surface area (Å²) in [6.45, 7) is 2.62. The number of halogens is 2. The van der Waals surface area contributed by atoms with E-state index in [4.69, 9.17) is 28.9 Å². The fourth-order valence-corrected chi connectivity index (χ4v) is 2.60. The maximum absolute atomic E-state index is 6.11. The van der Waals surface area contributed by atoms with Gasteiger partial charge in [-0.25, -0.2) is 0 Å². The summed E-state index contributed by atoms with van der Waals surface area (Å²) < 4.78 is 0. The van der Waals surface area contributed by atoms with Crippen molar-refractivity contribution in [2.45, 2.75) is 19.5 Å². The Kier molecular flexibility index (Phi) is 4.92. The van der Waals surface area contributed by atoms with Crippen molar-refractivity contribution in [1.29, 1.82) is 0 Å². The minimum Gasteiger partial charge on any atom is -0.368 e. The zero-order valence-corrected chi connectivity index (χ0v) is 13.1. The Balaban J connectivity index is 2.35. The van der Waals surface area contributed by atoms with Crippen LogP contribution in [0.2, 0.25) is 10.0 Å². The summed E-state index contributed by atoms with van der Waals surface area (Å²) in [5.41, 5.74) is 9.09. The average Bonchev–Trinajstić information content (AvgIpc) is 2.45. The Morgan fingerprint density at radius 2 is 1.80 bits per heavy atom. The predicted molar refractivity (Wildman–Crippen MR) is 87.6 cm³/mol. The van der Waals surface area contributed by atoms with Gasteiger partial charge in [0.05, 0.1) is 6.04 Å². The molecule has 20 heavy (non-hydrogen) atoms. The van der Waals surface area contributed by atoms with Crippen LogP contribution in [0.4, 0.5) is 5.69 Å². The number of benzene rings is 2. The van der Waals surface area contributed by atoms with Gasteiger partial charge in [0.2, 0.25) is 0 Å². The Hall–Kier alpha value is -1.22. The van der Waals surface area contributed by atoms with Gasteiger partial charge >= 0.3 is 0 Å². The molecule has 0 fully saturated rings. The molecular formula is C16H18Cl2N2. The van der Waals surface area contributed by atoms with Crippen molar-refractivity contribution < 1.29 is 0 Å². The molecule has 2 aromatic rings. The van der Waals surface area contributed by atoms with Crippen molar-refractivity contribution in [2.24, 2.45) is 5.73 Å². The van der Waals surface area contributed by atoms with Crippen LogP contribution in [-0.4, -0.2) is 7.05 Å². The molecule has 4 heteroatoms. The Labute approximate surface area is 130 Å². The molecule has 2 aromatic carbocycles. The molecular weight excluding hydrogens is 291 g/mol. The molecule has 2 rings (SSSR count). The van der Waals surface area contributed by atoms with Crippen LogP contribution in [0.5, 0.6) is 0 Å². The first-order valence-corrected chi connectivity index (χ1v) is 7.25. The zero-order chi connectivity index (χ0) is 14.7. The minimum absolute atomic E-state index is 0.178. The molecule has 106 valence electrons. The van der Waals surface area contributed by atoms with Crippen molar-refractivity contribution in [2.75, 3.05) is 11.9 Å².